The molecule has 0 radical (unpaired) electrons. The summed E-state index contributed by atoms with van der Waals surface area (Å²) >= 11 is 0. The molecule has 2 aromatic rings. The Morgan fingerprint density at radius 1 is 1.30 bits per heavy atom. The van der Waals surface area contributed by atoms with Crippen LogP contribution in [-0.2, 0) is 11.3 Å². The van der Waals surface area contributed by atoms with E-state index in [1.54, 1.807) is 37.3 Å². The summed E-state index contributed by atoms with van der Waals surface area (Å²) in [5.41, 5.74) is 1.18. The van der Waals surface area contributed by atoms with Crippen LogP contribution in [-0.4, -0.2) is 23.2 Å². The van der Waals surface area contributed by atoms with Crippen molar-refractivity contribution in [2.75, 3.05) is 5.32 Å². The molecule has 0 aliphatic rings. The van der Waals surface area contributed by atoms with Gasteiger partial charge in [0.25, 0.3) is 0 Å². The van der Waals surface area contributed by atoms with Crippen molar-refractivity contribution in [3.05, 3.63) is 47.3 Å². The monoisotopic (exact) mass is 317 g/mol. The zero-order valence-electron chi connectivity index (χ0n) is 13.3. The molecule has 2 N–H and O–H groups in total. The summed E-state index contributed by atoms with van der Waals surface area (Å²) in [5, 5.41) is 9.09. The van der Waals surface area contributed by atoms with Crippen LogP contribution in [0, 0.1) is 6.92 Å². The van der Waals surface area contributed by atoms with Crippen molar-refractivity contribution < 1.29 is 18.8 Å². The number of esters is 1. The van der Waals surface area contributed by atoms with Gasteiger partial charge in [0.05, 0.1) is 11.3 Å². The molecule has 2 rings (SSSR count). The predicted octanol–water partition coefficient (Wildman–Crippen LogP) is 2.87. The first-order chi connectivity index (χ1) is 11.0. The van der Waals surface area contributed by atoms with Crippen molar-refractivity contribution in [2.45, 2.75) is 33.4 Å². The molecule has 7 nitrogen and oxygen atoms in total. The second kappa shape index (κ2) is 7.44. The summed E-state index contributed by atoms with van der Waals surface area (Å²) in [6.07, 6.45) is 0. The third-order valence-corrected chi connectivity index (χ3v) is 2.84. The summed E-state index contributed by atoms with van der Waals surface area (Å²) in [7, 11) is 0. The van der Waals surface area contributed by atoms with Crippen LogP contribution in [0.3, 0.4) is 0 Å². The van der Waals surface area contributed by atoms with Gasteiger partial charge < -0.3 is 19.9 Å². The Hall–Kier alpha value is -2.83. The van der Waals surface area contributed by atoms with Crippen LogP contribution in [0.4, 0.5) is 10.5 Å². The maximum absolute atomic E-state index is 12.2. The molecule has 122 valence electrons. The molecule has 2 amide bonds. The summed E-state index contributed by atoms with van der Waals surface area (Å²) < 4.78 is 10.1. The van der Waals surface area contributed by atoms with Crippen LogP contribution < -0.4 is 10.6 Å². The van der Waals surface area contributed by atoms with Gasteiger partial charge in [0, 0.05) is 12.1 Å². The van der Waals surface area contributed by atoms with Crippen molar-refractivity contribution in [1.82, 2.24) is 10.5 Å². The van der Waals surface area contributed by atoms with E-state index in [-0.39, 0.29) is 24.2 Å². The Balaban J connectivity index is 2.03. The quantitative estimate of drug-likeness (QED) is 0.827. The molecule has 0 saturated heterocycles. The van der Waals surface area contributed by atoms with Crippen LogP contribution in [0.1, 0.15) is 35.7 Å². The van der Waals surface area contributed by atoms with Gasteiger partial charge in [-0.15, -0.1) is 0 Å². The zero-order valence-corrected chi connectivity index (χ0v) is 13.3. The topological polar surface area (TPSA) is 93.5 Å². The highest BCUT2D eigenvalue weighted by Crippen LogP contribution is 2.17. The van der Waals surface area contributed by atoms with Crippen molar-refractivity contribution in [3.63, 3.8) is 0 Å². The number of aryl methyl sites for hydroxylation is 1. The molecule has 23 heavy (non-hydrogen) atoms. The molecule has 0 atom stereocenters. The number of nitrogens with zero attached hydrogens (tertiary/aromatic N) is 1. The van der Waals surface area contributed by atoms with Gasteiger partial charge in [0.2, 0.25) is 0 Å². The molecular formula is C16H19N3O4. The number of anilines is 1. The number of urea groups is 1. The lowest BCUT2D eigenvalue weighted by Crippen LogP contribution is -2.34. The standard InChI is InChI=1S/C16H19N3O4/c1-10(2)17-16(21)18-14-7-5-4-6-13(14)15(20)22-9-12-8-11(3)23-19-12/h4-8,10H,9H2,1-3H3,(H2,17,18,21). The van der Waals surface area contributed by atoms with E-state index in [2.05, 4.69) is 15.8 Å². The molecule has 1 heterocycles. The van der Waals surface area contributed by atoms with E-state index in [0.717, 1.165) is 0 Å². The number of benzene rings is 1. The maximum atomic E-state index is 12.2. The van der Waals surface area contributed by atoms with Gasteiger partial charge in [-0.2, -0.15) is 0 Å². The number of carbonyl (C=O) groups excluding carboxylic acids is 2. The van der Waals surface area contributed by atoms with Crippen LogP contribution in [0.2, 0.25) is 0 Å². The molecule has 0 spiro atoms. The number of rotatable bonds is 5. The molecule has 7 heteroatoms. The molecule has 1 aromatic heterocycles. The smallest absolute Gasteiger partial charge is 0.340 e. The first-order valence-electron chi connectivity index (χ1n) is 7.21. The Labute approximate surface area is 134 Å². The maximum Gasteiger partial charge on any atom is 0.340 e. The number of hydrogen-bond donors (Lipinski definition) is 2. The van der Waals surface area contributed by atoms with E-state index in [4.69, 9.17) is 9.26 Å². The van der Waals surface area contributed by atoms with E-state index >= 15 is 0 Å². The highest BCUT2D eigenvalue weighted by atomic mass is 16.5. The highest BCUT2D eigenvalue weighted by Gasteiger charge is 2.15. The molecule has 1 aromatic carbocycles. The minimum absolute atomic E-state index is 0.00268. The average Bonchev–Trinajstić information content (AvgIpc) is 2.90. The van der Waals surface area contributed by atoms with E-state index in [1.807, 2.05) is 13.8 Å². The second-order valence-electron chi connectivity index (χ2n) is 5.30. The lowest BCUT2D eigenvalue weighted by atomic mass is 10.2. The van der Waals surface area contributed by atoms with E-state index in [1.165, 1.54) is 0 Å². The fourth-order valence-electron chi connectivity index (χ4n) is 1.89. The van der Waals surface area contributed by atoms with Crippen molar-refractivity contribution in [2.24, 2.45) is 0 Å². The Kier molecular flexibility index (Phi) is 5.35. The number of nitrogens with one attached hydrogen (secondary N) is 2. The fourth-order valence-corrected chi connectivity index (χ4v) is 1.89. The van der Waals surface area contributed by atoms with Gasteiger partial charge in [0.1, 0.15) is 18.1 Å². The molecule has 0 saturated carbocycles. The Morgan fingerprint density at radius 2 is 2.04 bits per heavy atom. The van der Waals surface area contributed by atoms with E-state index in [9.17, 15) is 9.59 Å². The lowest BCUT2D eigenvalue weighted by molar-refractivity contribution is 0.0465. The minimum Gasteiger partial charge on any atom is -0.455 e. The van der Waals surface area contributed by atoms with Gasteiger partial charge >= 0.3 is 12.0 Å². The summed E-state index contributed by atoms with van der Waals surface area (Å²) in [4.78, 5) is 24.0. The van der Waals surface area contributed by atoms with E-state index in [0.29, 0.717) is 17.1 Å². The SMILES string of the molecule is Cc1cc(COC(=O)c2ccccc2NC(=O)NC(C)C)no1. The van der Waals surface area contributed by atoms with Crippen LogP contribution in [0.15, 0.2) is 34.9 Å². The summed E-state index contributed by atoms with van der Waals surface area (Å²) in [6.45, 7) is 5.45. The van der Waals surface area contributed by atoms with Crippen LogP contribution >= 0.6 is 0 Å². The highest BCUT2D eigenvalue weighted by molar-refractivity contribution is 6.00. The molecule has 0 unspecified atom stereocenters. The molecule has 0 aliphatic carbocycles. The molecule has 0 bridgehead atoms. The van der Waals surface area contributed by atoms with E-state index < -0.39 is 5.97 Å². The molecule has 0 aliphatic heterocycles. The largest absolute Gasteiger partial charge is 0.455 e. The normalized spacial score (nSPS) is 10.4. The first-order valence-corrected chi connectivity index (χ1v) is 7.21. The summed E-state index contributed by atoms with van der Waals surface area (Å²) in [6, 6.07) is 7.94. The first kappa shape index (κ1) is 16.5. The molecule has 0 fully saturated rings. The third-order valence-electron chi connectivity index (χ3n) is 2.84. The number of aromatic nitrogens is 1. The van der Waals surface area contributed by atoms with Gasteiger partial charge in [0.15, 0.2) is 0 Å². The number of hydrogen-bond acceptors (Lipinski definition) is 5. The van der Waals surface area contributed by atoms with Crippen molar-refractivity contribution in [3.8, 4) is 0 Å². The number of para-hydroxylation sites is 1. The second-order valence-corrected chi connectivity index (χ2v) is 5.30. The Bertz CT molecular complexity index is 694. The van der Waals surface area contributed by atoms with Crippen LogP contribution in [0.25, 0.3) is 0 Å². The minimum atomic E-state index is -0.550. The summed E-state index contributed by atoms with van der Waals surface area (Å²) in [5.74, 6) is 0.0922. The third kappa shape index (κ3) is 4.84. The number of amides is 2. The fraction of sp³-hybridized carbons (Fsp3) is 0.312. The van der Waals surface area contributed by atoms with Gasteiger partial charge in [-0.1, -0.05) is 17.3 Å². The Morgan fingerprint density at radius 3 is 2.70 bits per heavy atom. The molecular weight excluding hydrogens is 298 g/mol. The van der Waals surface area contributed by atoms with Gasteiger partial charge in [-0.05, 0) is 32.9 Å². The number of carbonyl (C=O) groups is 2. The predicted molar refractivity (Wildman–Crippen MR) is 84.1 cm³/mol. The number of ether oxygens (including phenoxy) is 1. The van der Waals surface area contributed by atoms with Gasteiger partial charge in [-0.3, -0.25) is 0 Å². The van der Waals surface area contributed by atoms with Crippen molar-refractivity contribution in [1.29, 1.82) is 0 Å². The van der Waals surface area contributed by atoms with Crippen molar-refractivity contribution >= 4 is 17.7 Å². The lowest BCUT2D eigenvalue weighted by Gasteiger charge is -2.12. The van der Waals surface area contributed by atoms with Crippen LogP contribution in [0.5, 0.6) is 0 Å². The average molecular weight is 317 g/mol. The van der Waals surface area contributed by atoms with Gasteiger partial charge in [-0.25, -0.2) is 9.59 Å². The zero-order chi connectivity index (χ0) is 16.8.